The lowest BCUT2D eigenvalue weighted by molar-refractivity contribution is -0.136. The monoisotopic (exact) mass is 243 g/mol. The summed E-state index contributed by atoms with van der Waals surface area (Å²) in [5, 5.41) is 3.29. The molecule has 1 rings (SSSR count). The Morgan fingerprint density at radius 3 is 2.71 bits per heavy atom. The van der Waals surface area contributed by atoms with Crippen molar-refractivity contribution in [2.75, 3.05) is 53.0 Å². The van der Waals surface area contributed by atoms with Crippen LogP contribution in [0.4, 0.5) is 0 Å². The van der Waals surface area contributed by atoms with Crippen molar-refractivity contribution in [3.8, 4) is 0 Å². The molecule has 5 nitrogen and oxygen atoms in total. The zero-order chi connectivity index (χ0) is 12.7. The molecular formula is C12H25N3O2. The van der Waals surface area contributed by atoms with Crippen LogP contribution in [0.3, 0.4) is 0 Å². The number of carbonyl (C=O) groups is 1. The third-order valence-corrected chi connectivity index (χ3v) is 3.21. The van der Waals surface area contributed by atoms with E-state index in [1.807, 2.05) is 20.9 Å². The molecule has 1 aliphatic heterocycles. The predicted molar refractivity (Wildman–Crippen MR) is 68.0 cm³/mol. The zero-order valence-corrected chi connectivity index (χ0v) is 11.2. The summed E-state index contributed by atoms with van der Waals surface area (Å²) < 4.78 is 5.26. The molecule has 1 N–H and O–H groups in total. The van der Waals surface area contributed by atoms with Crippen LogP contribution in [0.2, 0.25) is 0 Å². The van der Waals surface area contributed by atoms with Gasteiger partial charge in [0, 0.05) is 46.4 Å². The number of nitrogens with one attached hydrogen (secondary N) is 1. The van der Waals surface area contributed by atoms with E-state index in [-0.39, 0.29) is 11.9 Å². The van der Waals surface area contributed by atoms with E-state index in [1.54, 1.807) is 4.90 Å². The molecule has 1 aliphatic rings. The van der Waals surface area contributed by atoms with E-state index in [4.69, 9.17) is 4.74 Å². The summed E-state index contributed by atoms with van der Waals surface area (Å²) >= 11 is 0. The SMILES string of the molecule is CCOCCN(C)C(=O)C(C)N1CCNCC1. The molecule has 5 heteroatoms. The number of piperazine rings is 1. The molecule has 0 aromatic carbocycles. The van der Waals surface area contributed by atoms with Crippen LogP contribution in [0.5, 0.6) is 0 Å². The van der Waals surface area contributed by atoms with E-state index >= 15 is 0 Å². The first-order valence-electron chi connectivity index (χ1n) is 6.44. The van der Waals surface area contributed by atoms with Gasteiger partial charge in [-0.1, -0.05) is 0 Å². The zero-order valence-electron chi connectivity index (χ0n) is 11.2. The Balaban J connectivity index is 2.33. The predicted octanol–water partition coefficient (Wildman–Crippen LogP) is -0.225. The normalized spacial score (nSPS) is 19.0. The Morgan fingerprint density at radius 2 is 2.12 bits per heavy atom. The van der Waals surface area contributed by atoms with Gasteiger partial charge in [0.05, 0.1) is 12.6 Å². The largest absolute Gasteiger partial charge is 0.380 e. The second-order valence-electron chi connectivity index (χ2n) is 4.42. The van der Waals surface area contributed by atoms with Gasteiger partial charge in [0.2, 0.25) is 5.91 Å². The second-order valence-corrected chi connectivity index (χ2v) is 4.42. The third-order valence-electron chi connectivity index (χ3n) is 3.21. The second kappa shape index (κ2) is 7.63. The van der Waals surface area contributed by atoms with E-state index in [0.717, 1.165) is 26.2 Å². The van der Waals surface area contributed by atoms with Crippen LogP contribution < -0.4 is 5.32 Å². The maximum absolute atomic E-state index is 12.1. The number of ether oxygens (including phenoxy) is 1. The van der Waals surface area contributed by atoms with E-state index in [1.165, 1.54) is 0 Å². The molecule has 0 spiro atoms. The molecule has 0 bridgehead atoms. The number of nitrogens with zero attached hydrogens (tertiary/aromatic N) is 2. The van der Waals surface area contributed by atoms with E-state index < -0.39 is 0 Å². The summed E-state index contributed by atoms with van der Waals surface area (Å²) in [7, 11) is 1.85. The van der Waals surface area contributed by atoms with Gasteiger partial charge in [-0.05, 0) is 13.8 Å². The van der Waals surface area contributed by atoms with Gasteiger partial charge in [-0.3, -0.25) is 9.69 Å². The highest BCUT2D eigenvalue weighted by Gasteiger charge is 2.24. The summed E-state index contributed by atoms with van der Waals surface area (Å²) in [4.78, 5) is 16.1. The molecular weight excluding hydrogens is 218 g/mol. The van der Waals surface area contributed by atoms with Crippen molar-refractivity contribution in [3.63, 3.8) is 0 Å². The van der Waals surface area contributed by atoms with E-state index in [0.29, 0.717) is 19.8 Å². The molecule has 0 aliphatic carbocycles. The number of likely N-dealkylation sites (N-methyl/N-ethyl adjacent to an activating group) is 1. The Bertz CT molecular complexity index is 230. The molecule has 17 heavy (non-hydrogen) atoms. The molecule has 0 aromatic heterocycles. The van der Waals surface area contributed by atoms with Gasteiger partial charge >= 0.3 is 0 Å². The molecule has 0 saturated carbocycles. The van der Waals surface area contributed by atoms with Crippen molar-refractivity contribution >= 4 is 5.91 Å². The first-order valence-corrected chi connectivity index (χ1v) is 6.44. The van der Waals surface area contributed by atoms with Gasteiger partial charge < -0.3 is 15.0 Å². The average molecular weight is 243 g/mol. The van der Waals surface area contributed by atoms with Crippen molar-refractivity contribution in [2.45, 2.75) is 19.9 Å². The van der Waals surface area contributed by atoms with Gasteiger partial charge in [0.15, 0.2) is 0 Å². The van der Waals surface area contributed by atoms with Crippen molar-refractivity contribution in [1.29, 1.82) is 0 Å². The maximum Gasteiger partial charge on any atom is 0.239 e. The highest BCUT2D eigenvalue weighted by atomic mass is 16.5. The van der Waals surface area contributed by atoms with Gasteiger partial charge in [0.1, 0.15) is 0 Å². The van der Waals surface area contributed by atoms with Crippen LogP contribution in [0.25, 0.3) is 0 Å². The fourth-order valence-corrected chi connectivity index (χ4v) is 2.00. The third kappa shape index (κ3) is 4.61. The Morgan fingerprint density at radius 1 is 1.47 bits per heavy atom. The molecule has 1 fully saturated rings. The van der Waals surface area contributed by atoms with Gasteiger partial charge in [-0.2, -0.15) is 0 Å². The van der Waals surface area contributed by atoms with Crippen molar-refractivity contribution in [3.05, 3.63) is 0 Å². The van der Waals surface area contributed by atoms with Crippen LogP contribution in [0.15, 0.2) is 0 Å². The lowest BCUT2D eigenvalue weighted by Gasteiger charge is -2.34. The summed E-state index contributed by atoms with van der Waals surface area (Å²) in [6.45, 7) is 9.79. The fraction of sp³-hybridized carbons (Fsp3) is 0.917. The molecule has 1 heterocycles. The van der Waals surface area contributed by atoms with Gasteiger partial charge in [0.25, 0.3) is 0 Å². The first kappa shape index (κ1) is 14.4. The first-order chi connectivity index (χ1) is 8.16. The highest BCUT2D eigenvalue weighted by molar-refractivity contribution is 5.81. The molecule has 100 valence electrons. The Labute approximate surface area is 104 Å². The quantitative estimate of drug-likeness (QED) is 0.655. The van der Waals surface area contributed by atoms with Crippen LogP contribution in [0.1, 0.15) is 13.8 Å². The number of rotatable bonds is 6. The topological polar surface area (TPSA) is 44.8 Å². The molecule has 1 unspecified atom stereocenters. The summed E-state index contributed by atoms with van der Waals surface area (Å²) in [6, 6.07) is -0.0243. The standard InChI is InChI=1S/C12H25N3O2/c1-4-17-10-9-14(3)12(16)11(2)15-7-5-13-6-8-15/h11,13H,4-10H2,1-3H3. The van der Waals surface area contributed by atoms with E-state index in [9.17, 15) is 4.79 Å². The van der Waals surface area contributed by atoms with Gasteiger partial charge in [-0.25, -0.2) is 0 Å². The lowest BCUT2D eigenvalue weighted by Crippen LogP contribution is -2.53. The van der Waals surface area contributed by atoms with E-state index in [2.05, 4.69) is 10.2 Å². The molecule has 1 saturated heterocycles. The van der Waals surface area contributed by atoms with Crippen LogP contribution in [-0.2, 0) is 9.53 Å². The lowest BCUT2D eigenvalue weighted by atomic mass is 10.2. The minimum Gasteiger partial charge on any atom is -0.380 e. The summed E-state index contributed by atoms with van der Waals surface area (Å²) in [5.41, 5.74) is 0. The number of carbonyl (C=O) groups excluding carboxylic acids is 1. The van der Waals surface area contributed by atoms with Crippen LogP contribution in [0, 0.1) is 0 Å². The Hall–Kier alpha value is -0.650. The maximum atomic E-state index is 12.1. The fourth-order valence-electron chi connectivity index (χ4n) is 2.00. The number of hydrogen-bond acceptors (Lipinski definition) is 4. The highest BCUT2D eigenvalue weighted by Crippen LogP contribution is 2.04. The number of hydrogen-bond donors (Lipinski definition) is 1. The smallest absolute Gasteiger partial charge is 0.239 e. The minimum atomic E-state index is -0.0243. The molecule has 0 radical (unpaired) electrons. The Kier molecular flexibility index (Phi) is 6.47. The molecule has 1 amide bonds. The van der Waals surface area contributed by atoms with Gasteiger partial charge in [-0.15, -0.1) is 0 Å². The van der Waals surface area contributed by atoms with Crippen molar-refractivity contribution in [1.82, 2.24) is 15.1 Å². The minimum absolute atomic E-state index is 0.0243. The number of amides is 1. The van der Waals surface area contributed by atoms with Crippen molar-refractivity contribution < 1.29 is 9.53 Å². The molecule has 0 aromatic rings. The van der Waals surface area contributed by atoms with Crippen LogP contribution in [-0.4, -0.2) is 74.7 Å². The summed E-state index contributed by atoms with van der Waals surface area (Å²) in [5.74, 6) is 0.187. The van der Waals surface area contributed by atoms with Crippen molar-refractivity contribution in [2.24, 2.45) is 0 Å². The summed E-state index contributed by atoms with van der Waals surface area (Å²) in [6.07, 6.45) is 0. The molecule has 1 atom stereocenters. The van der Waals surface area contributed by atoms with Crippen LogP contribution >= 0.6 is 0 Å². The average Bonchev–Trinajstić information content (AvgIpc) is 2.38.